The molecule has 84 valence electrons. The lowest BCUT2D eigenvalue weighted by molar-refractivity contribution is 0.766. The number of anilines is 1. The van der Waals surface area contributed by atoms with E-state index in [1.54, 1.807) is 0 Å². The Bertz CT molecular complexity index is 322. The van der Waals surface area contributed by atoms with Crippen molar-refractivity contribution in [3.63, 3.8) is 0 Å². The Labute approximate surface area is 99.4 Å². The van der Waals surface area contributed by atoms with Gasteiger partial charge in [0.25, 0.3) is 0 Å². The molecule has 0 aromatic carbocycles. The minimum atomic E-state index is 0.247. The van der Waals surface area contributed by atoms with Crippen LogP contribution in [-0.2, 0) is 0 Å². The topological polar surface area (TPSA) is 37.8 Å². The number of aromatic nitrogens is 2. The molecule has 15 heavy (non-hydrogen) atoms. The predicted molar refractivity (Wildman–Crippen MR) is 64.9 cm³/mol. The third-order valence-corrected chi connectivity index (χ3v) is 3.74. The van der Waals surface area contributed by atoms with Gasteiger partial charge in [0, 0.05) is 24.0 Å². The van der Waals surface area contributed by atoms with E-state index in [4.69, 9.17) is 11.6 Å². The fourth-order valence-electron chi connectivity index (χ4n) is 1.35. The van der Waals surface area contributed by atoms with Crippen molar-refractivity contribution in [1.82, 2.24) is 9.36 Å². The maximum absolute atomic E-state index is 6.19. The Morgan fingerprint density at radius 3 is 2.80 bits per heavy atom. The number of halogens is 1. The zero-order chi connectivity index (χ0) is 10.8. The second-order valence-electron chi connectivity index (χ2n) is 4.35. The van der Waals surface area contributed by atoms with E-state index in [0.29, 0.717) is 5.92 Å². The van der Waals surface area contributed by atoms with Gasteiger partial charge in [-0.2, -0.15) is 4.37 Å². The molecule has 1 aliphatic carbocycles. The summed E-state index contributed by atoms with van der Waals surface area (Å²) in [5, 5.41) is 4.39. The van der Waals surface area contributed by atoms with E-state index in [0.717, 1.165) is 23.4 Å². The summed E-state index contributed by atoms with van der Waals surface area (Å²) in [6, 6.07) is 0. The summed E-state index contributed by atoms with van der Waals surface area (Å²) in [5.74, 6) is 2.03. The Kier molecular flexibility index (Phi) is 3.46. The van der Waals surface area contributed by atoms with Crippen LogP contribution in [-0.4, -0.2) is 21.3 Å². The molecule has 1 saturated carbocycles. The van der Waals surface area contributed by atoms with E-state index >= 15 is 0 Å². The maximum Gasteiger partial charge on any atom is 0.202 e. The van der Waals surface area contributed by atoms with E-state index in [2.05, 4.69) is 28.5 Å². The highest BCUT2D eigenvalue weighted by Crippen LogP contribution is 2.35. The quantitative estimate of drug-likeness (QED) is 0.811. The molecule has 1 aromatic heterocycles. The average molecular weight is 246 g/mol. The van der Waals surface area contributed by atoms with Crippen LogP contribution >= 0.6 is 23.1 Å². The molecule has 1 aromatic rings. The van der Waals surface area contributed by atoms with E-state index in [1.165, 1.54) is 24.4 Å². The van der Waals surface area contributed by atoms with Crippen molar-refractivity contribution >= 4 is 28.3 Å². The number of nitrogens with zero attached hydrogens (tertiary/aromatic N) is 2. The molecule has 1 aliphatic rings. The monoisotopic (exact) mass is 245 g/mol. The first kappa shape index (κ1) is 11.1. The van der Waals surface area contributed by atoms with Crippen LogP contribution in [0.4, 0.5) is 5.13 Å². The van der Waals surface area contributed by atoms with Crippen LogP contribution in [0.1, 0.15) is 38.4 Å². The molecule has 3 nitrogen and oxygen atoms in total. The SMILES string of the molecule is CC(C)c1nsc(NCC(Cl)C2CC2)n1. The minimum Gasteiger partial charge on any atom is -0.359 e. The molecule has 1 atom stereocenters. The van der Waals surface area contributed by atoms with Gasteiger partial charge in [-0.1, -0.05) is 13.8 Å². The molecule has 0 radical (unpaired) electrons. The van der Waals surface area contributed by atoms with Gasteiger partial charge in [-0.15, -0.1) is 11.6 Å². The minimum absolute atomic E-state index is 0.247. The van der Waals surface area contributed by atoms with Gasteiger partial charge in [0.15, 0.2) is 0 Å². The number of rotatable bonds is 5. The molecule has 2 rings (SSSR count). The van der Waals surface area contributed by atoms with Crippen molar-refractivity contribution in [3.8, 4) is 0 Å². The van der Waals surface area contributed by atoms with Crippen molar-refractivity contribution in [2.75, 3.05) is 11.9 Å². The Balaban J connectivity index is 1.82. The highest BCUT2D eigenvalue weighted by Gasteiger charge is 2.29. The van der Waals surface area contributed by atoms with Crippen LogP contribution in [0.25, 0.3) is 0 Å². The summed E-state index contributed by atoms with van der Waals surface area (Å²) in [4.78, 5) is 4.40. The van der Waals surface area contributed by atoms with E-state index in [1.807, 2.05) is 0 Å². The van der Waals surface area contributed by atoms with Crippen molar-refractivity contribution < 1.29 is 0 Å². The summed E-state index contributed by atoms with van der Waals surface area (Å²) in [5.41, 5.74) is 0. The molecular formula is C10H16ClN3S. The first-order chi connectivity index (χ1) is 7.16. The Morgan fingerprint density at radius 1 is 1.53 bits per heavy atom. The van der Waals surface area contributed by atoms with Crippen molar-refractivity contribution in [2.45, 2.75) is 38.0 Å². The van der Waals surface area contributed by atoms with Crippen molar-refractivity contribution in [3.05, 3.63) is 5.82 Å². The predicted octanol–water partition coefficient (Wildman–Crippen LogP) is 3.09. The summed E-state index contributed by atoms with van der Waals surface area (Å²) in [7, 11) is 0. The first-order valence-corrected chi connectivity index (χ1v) is 6.59. The van der Waals surface area contributed by atoms with Crippen molar-refractivity contribution in [1.29, 1.82) is 0 Å². The molecule has 0 aliphatic heterocycles. The summed E-state index contributed by atoms with van der Waals surface area (Å²) >= 11 is 7.61. The van der Waals surface area contributed by atoms with Gasteiger partial charge in [-0.3, -0.25) is 0 Å². The van der Waals surface area contributed by atoms with Crippen LogP contribution in [0.15, 0.2) is 0 Å². The van der Waals surface area contributed by atoms with Gasteiger partial charge in [0.1, 0.15) is 5.82 Å². The van der Waals surface area contributed by atoms with Gasteiger partial charge in [0.2, 0.25) is 5.13 Å². The zero-order valence-corrected chi connectivity index (χ0v) is 10.6. The largest absolute Gasteiger partial charge is 0.359 e. The standard InChI is InChI=1S/C10H16ClN3S/c1-6(2)9-13-10(15-14-9)12-5-8(11)7-3-4-7/h6-8H,3-5H2,1-2H3,(H,12,13,14). The van der Waals surface area contributed by atoms with Crippen LogP contribution in [0.2, 0.25) is 0 Å². The third-order valence-electron chi connectivity index (χ3n) is 2.54. The van der Waals surface area contributed by atoms with Crippen LogP contribution < -0.4 is 5.32 Å². The van der Waals surface area contributed by atoms with E-state index in [-0.39, 0.29) is 5.38 Å². The highest BCUT2D eigenvalue weighted by molar-refractivity contribution is 7.09. The van der Waals surface area contributed by atoms with Crippen LogP contribution in [0.5, 0.6) is 0 Å². The molecule has 0 bridgehead atoms. The van der Waals surface area contributed by atoms with Crippen molar-refractivity contribution in [2.24, 2.45) is 5.92 Å². The molecule has 1 heterocycles. The van der Waals surface area contributed by atoms with Gasteiger partial charge in [-0.25, -0.2) is 4.98 Å². The number of nitrogens with one attached hydrogen (secondary N) is 1. The number of hydrogen-bond acceptors (Lipinski definition) is 4. The lowest BCUT2D eigenvalue weighted by Crippen LogP contribution is -2.15. The first-order valence-electron chi connectivity index (χ1n) is 5.38. The summed E-state index contributed by atoms with van der Waals surface area (Å²) in [6.07, 6.45) is 2.56. The Morgan fingerprint density at radius 2 is 2.27 bits per heavy atom. The van der Waals surface area contributed by atoms with Gasteiger partial charge >= 0.3 is 0 Å². The molecule has 0 spiro atoms. The second-order valence-corrected chi connectivity index (χ2v) is 5.66. The lowest BCUT2D eigenvalue weighted by Gasteiger charge is -2.07. The van der Waals surface area contributed by atoms with Gasteiger partial charge in [-0.05, 0) is 18.8 Å². The fourth-order valence-corrected chi connectivity index (χ4v) is 2.39. The number of alkyl halides is 1. The molecule has 1 fully saturated rings. The molecule has 0 amide bonds. The molecular weight excluding hydrogens is 230 g/mol. The lowest BCUT2D eigenvalue weighted by atomic mass is 10.2. The normalized spacial score (nSPS) is 18.1. The highest BCUT2D eigenvalue weighted by atomic mass is 35.5. The van der Waals surface area contributed by atoms with E-state index < -0.39 is 0 Å². The average Bonchev–Trinajstić information content (AvgIpc) is 2.93. The van der Waals surface area contributed by atoms with Gasteiger partial charge in [0.05, 0.1) is 5.38 Å². The van der Waals surface area contributed by atoms with Crippen LogP contribution in [0.3, 0.4) is 0 Å². The smallest absolute Gasteiger partial charge is 0.202 e. The van der Waals surface area contributed by atoms with Gasteiger partial charge < -0.3 is 5.32 Å². The maximum atomic E-state index is 6.19. The molecule has 1 unspecified atom stereocenters. The summed E-state index contributed by atoms with van der Waals surface area (Å²) in [6.45, 7) is 5.00. The van der Waals surface area contributed by atoms with E-state index in [9.17, 15) is 0 Å². The number of hydrogen-bond donors (Lipinski definition) is 1. The zero-order valence-electron chi connectivity index (χ0n) is 9.03. The molecule has 5 heteroatoms. The molecule has 1 N–H and O–H groups in total. The summed E-state index contributed by atoms with van der Waals surface area (Å²) < 4.78 is 4.28. The Hall–Kier alpha value is -0.350. The third kappa shape index (κ3) is 3.05. The second kappa shape index (κ2) is 4.66. The fraction of sp³-hybridized carbons (Fsp3) is 0.800. The van der Waals surface area contributed by atoms with Crippen LogP contribution in [0, 0.1) is 5.92 Å². The molecule has 0 saturated heterocycles.